The van der Waals surface area contributed by atoms with Crippen molar-refractivity contribution < 1.29 is 13.9 Å². The summed E-state index contributed by atoms with van der Waals surface area (Å²) in [4.78, 5) is 11.9. The number of hydrogen-bond acceptors (Lipinski definition) is 3. The molecule has 0 aromatic carbocycles. The summed E-state index contributed by atoms with van der Waals surface area (Å²) in [6, 6.07) is 2.07. The number of esters is 1. The Morgan fingerprint density at radius 2 is 1.86 bits per heavy atom. The lowest BCUT2D eigenvalue weighted by Gasteiger charge is -2.33. The Balaban J connectivity index is 2.99. The van der Waals surface area contributed by atoms with Crippen molar-refractivity contribution in [2.45, 2.75) is 86.0 Å². The molecule has 0 aliphatic rings. The maximum absolute atomic E-state index is 11.9. The van der Waals surface area contributed by atoms with E-state index in [0.29, 0.717) is 0 Å². The van der Waals surface area contributed by atoms with Crippen LogP contribution < -0.4 is 5.38 Å². The Bertz CT molecular complexity index is 744. The van der Waals surface area contributed by atoms with Gasteiger partial charge in [0.2, 0.25) is 0 Å². The summed E-state index contributed by atoms with van der Waals surface area (Å²) in [5.41, 5.74) is 3.30. The molecule has 29 heavy (non-hydrogen) atoms. The highest BCUT2D eigenvalue weighted by atomic mass is 28.3. The van der Waals surface area contributed by atoms with E-state index in [9.17, 15) is 4.79 Å². The maximum atomic E-state index is 11.9. The molecule has 2 atom stereocenters. The van der Waals surface area contributed by atoms with Crippen LogP contribution in [0.25, 0.3) is 0 Å². The van der Waals surface area contributed by atoms with Gasteiger partial charge in [0.05, 0.1) is 11.6 Å². The molecule has 0 aliphatic carbocycles. The zero-order valence-corrected chi connectivity index (χ0v) is 20.7. The van der Waals surface area contributed by atoms with Gasteiger partial charge in [-0.1, -0.05) is 55.9 Å². The molecule has 0 N–H and O–H groups in total. The molecule has 1 aromatic heterocycles. The third kappa shape index (κ3) is 8.21. The lowest BCUT2D eigenvalue weighted by molar-refractivity contribution is -0.152. The fourth-order valence-electron chi connectivity index (χ4n) is 3.29. The largest absolute Gasteiger partial charge is 0.474 e. The van der Waals surface area contributed by atoms with Crippen LogP contribution in [0.5, 0.6) is 0 Å². The van der Waals surface area contributed by atoms with Gasteiger partial charge in [-0.05, 0) is 52.5 Å². The lowest BCUT2D eigenvalue weighted by Crippen LogP contribution is -2.36. The summed E-state index contributed by atoms with van der Waals surface area (Å²) >= 11 is 0. The third-order valence-corrected chi connectivity index (χ3v) is 7.02. The van der Waals surface area contributed by atoms with Crippen molar-refractivity contribution in [1.29, 1.82) is 0 Å². The lowest BCUT2D eigenvalue weighted by atomic mass is 9.77. The molecule has 0 saturated heterocycles. The minimum atomic E-state index is -1.58. The second-order valence-electron chi connectivity index (χ2n) is 9.60. The first-order valence-corrected chi connectivity index (χ1v) is 14.1. The molecule has 0 radical (unpaired) electrons. The molecule has 4 heteroatoms. The zero-order chi connectivity index (χ0) is 22.2. The Morgan fingerprint density at radius 3 is 2.34 bits per heavy atom. The Kier molecular flexibility index (Phi) is 9.41. The molecule has 1 aromatic rings. The molecule has 1 rings (SSSR count). The van der Waals surface area contributed by atoms with Crippen LogP contribution in [0.2, 0.25) is 19.6 Å². The highest BCUT2D eigenvalue weighted by Crippen LogP contribution is 2.42. The average molecular weight is 417 g/mol. The van der Waals surface area contributed by atoms with Crippen LogP contribution in [-0.2, 0) is 9.53 Å². The van der Waals surface area contributed by atoms with Crippen LogP contribution in [0.4, 0.5) is 0 Å². The van der Waals surface area contributed by atoms with Crippen LogP contribution in [0.3, 0.4) is 0 Å². The molecule has 162 valence electrons. The van der Waals surface area contributed by atoms with E-state index in [1.807, 2.05) is 6.08 Å². The summed E-state index contributed by atoms with van der Waals surface area (Å²) in [5.74, 6) is -0.285. The average Bonchev–Trinajstić information content (AvgIpc) is 3.09. The van der Waals surface area contributed by atoms with Gasteiger partial charge >= 0.3 is 5.97 Å². The van der Waals surface area contributed by atoms with Gasteiger partial charge < -0.3 is 9.15 Å². The number of carbonyl (C=O) groups is 1. The smallest absolute Gasteiger partial charge is 0.303 e. The molecule has 0 fully saturated rings. The molecule has 0 spiro atoms. The summed E-state index contributed by atoms with van der Waals surface area (Å²) in [6.45, 7) is 20.8. The van der Waals surface area contributed by atoms with Gasteiger partial charge in [0.15, 0.2) is 0 Å². The van der Waals surface area contributed by atoms with E-state index in [4.69, 9.17) is 9.15 Å². The fraction of sp³-hybridized carbons (Fsp3) is 0.560. The van der Waals surface area contributed by atoms with Gasteiger partial charge in [0, 0.05) is 17.9 Å². The Hall–Kier alpha value is -1.81. The monoisotopic (exact) mass is 416 g/mol. The molecule has 2 unspecified atom stereocenters. The quantitative estimate of drug-likeness (QED) is 0.219. The molecular weight excluding hydrogens is 376 g/mol. The maximum Gasteiger partial charge on any atom is 0.303 e. The topological polar surface area (TPSA) is 39.4 Å². The number of ether oxygens (including phenoxy) is 1. The standard InChI is InChI=1S/C25H40O3Si/c1-10-25(6,16-12-15-20(4)14-11-13-19(2)3)24(28-21(5)26)22-17-23(27-18-22)29(7,8)9/h10,13,15,17-18,24H,1,11-12,14,16H2,2-9H3. The van der Waals surface area contributed by atoms with Crippen LogP contribution >= 0.6 is 0 Å². The summed E-state index contributed by atoms with van der Waals surface area (Å²) in [5, 5.41) is 1.02. The van der Waals surface area contributed by atoms with Crippen LogP contribution in [0.1, 0.15) is 72.0 Å². The third-order valence-electron chi connectivity index (χ3n) is 5.28. The van der Waals surface area contributed by atoms with Gasteiger partial charge in [-0.15, -0.1) is 6.58 Å². The second kappa shape index (κ2) is 10.8. The highest BCUT2D eigenvalue weighted by Gasteiger charge is 2.36. The van der Waals surface area contributed by atoms with Crippen molar-refractivity contribution in [3.63, 3.8) is 0 Å². The first kappa shape index (κ1) is 25.2. The first-order chi connectivity index (χ1) is 13.4. The molecule has 1 heterocycles. The zero-order valence-electron chi connectivity index (χ0n) is 19.7. The van der Waals surface area contributed by atoms with Gasteiger partial charge in [-0.25, -0.2) is 0 Å². The number of furan rings is 1. The first-order valence-electron chi connectivity index (χ1n) is 10.6. The van der Waals surface area contributed by atoms with Gasteiger partial charge in [0.25, 0.3) is 0 Å². The molecule has 0 bridgehead atoms. The van der Waals surface area contributed by atoms with Crippen molar-refractivity contribution in [2.75, 3.05) is 0 Å². The number of hydrogen-bond donors (Lipinski definition) is 0. The van der Waals surface area contributed by atoms with Crippen LogP contribution in [-0.4, -0.2) is 14.0 Å². The predicted octanol–water partition coefficient (Wildman–Crippen LogP) is 7.09. The molecule has 0 saturated carbocycles. The summed E-state index contributed by atoms with van der Waals surface area (Å²) in [7, 11) is -1.58. The number of carbonyl (C=O) groups excluding carboxylic acids is 1. The van der Waals surface area contributed by atoms with E-state index in [0.717, 1.165) is 36.6 Å². The van der Waals surface area contributed by atoms with E-state index in [1.165, 1.54) is 18.1 Å². The summed E-state index contributed by atoms with van der Waals surface area (Å²) < 4.78 is 11.6. The fourth-order valence-corrected chi connectivity index (χ4v) is 4.30. The van der Waals surface area contributed by atoms with Crippen LogP contribution in [0.15, 0.2) is 52.7 Å². The van der Waals surface area contributed by atoms with Crippen molar-refractivity contribution >= 4 is 19.4 Å². The minimum Gasteiger partial charge on any atom is -0.474 e. The van der Waals surface area contributed by atoms with E-state index < -0.39 is 14.2 Å². The SMILES string of the molecule is C=CC(C)(CCC=C(C)CCC=C(C)C)C(OC(C)=O)c1coc([Si](C)(C)C)c1. The predicted molar refractivity (Wildman–Crippen MR) is 126 cm³/mol. The highest BCUT2D eigenvalue weighted by molar-refractivity contribution is 6.87. The van der Waals surface area contributed by atoms with Crippen molar-refractivity contribution in [3.8, 4) is 0 Å². The normalized spacial score (nSPS) is 15.4. The van der Waals surface area contributed by atoms with Crippen molar-refractivity contribution in [1.82, 2.24) is 0 Å². The second-order valence-corrected chi connectivity index (χ2v) is 14.6. The molecular formula is C25H40O3Si. The molecule has 3 nitrogen and oxygen atoms in total. The van der Waals surface area contributed by atoms with E-state index in [-0.39, 0.29) is 11.4 Å². The Labute approximate surface area is 178 Å². The molecule has 0 aliphatic heterocycles. The van der Waals surface area contributed by atoms with Crippen molar-refractivity contribution in [3.05, 3.63) is 53.8 Å². The van der Waals surface area contributed by atoms with Gasteiger partial charge in [0.1, 0.15) is 14.2 Å². The van der Waals surface area contributed by atoms with Crippen molar-refractivity contribution in [2.24, 2.45) is 5.41 Å². The Morgan fingerprint density at radius 1 is 1.21 bits per heavy atom. The van der Waals surface area contributed by atoms with Gasteiger partial charge in [-0.2, -0.15) is 0 Å². The number of allylic oxidation sites excluding steroid dienone is 4. The summed E-state index contributed by atoms with van der Waals surface area (Å²) in [6.07, 6.45) is 11.8. The van der Waals surface area contributed by atoms with Crippen LogP contribution in [0, 0.1) is 5.41 Å². The number of rotatable bonds is 11. The van der Waals surface area contributed by atoms with E-state index >= 15 is 0 Å². The van der Waals surface area contributed by atoms with E-state index in [2.05, 4.69) is 72.1 Å². The minimum absolute atomic E-state index is 0.285. The van der Waals surface area contributed by atoms with Gasteiger partial charge in [-0.3, -0.25) is 4.79 Å². The molecule has 0 amide bonds. The van der Waals surface area contributed by atoms with E-state index in [1.54, 1.807) is 6.26 Å².